The van der Waals surface area contributed by atoms with Crippen molar-refractivity contribution < 1.29 is 27.9 Å². The number of nitrogens with one attached hydrogen (secondary N) is 1. The van der Waals surface area contributed by atoms with Crippen molar-refractivity contribution in [2.24, 2.45) is 0 Å². The van der Waals surface area contributed by atoms with E-state index in [4.69, 9.17) is 14.3 Å². The third-order valence-electron chi connectivity index (χ3n) is 4.82. The number of benzene rings is 1. The average molecular weight is 526 g/mol. The molecule has 0 aliphatic heterocycles. The minimum Gasteiger partial charge on any atom is -0.325 e. The number of hydrogen-bond donors (Lipinski definition) is 4. The van der Waals surface area contributed by atoms with Gasteiger partial charge in [-0.3, -0.25) is 9.36 Å². The third kappa shape index (κ3) is 17.1. The van der Waals surface area contributed by atoms with E-state index >= 15 is 0 Å². The Balaban J connectivity index is 2.18. The summed E-state index contributed by atoms with van der Waals surface area (Å²) in [5.74, 6) is 1.03. The summed E-state index contributed by atoms with van der Waals surface area (Å²) in [6.07, 6.45) is 9.01. The maximum atomic E-state index is 12.3. The molecule has 1 aromatic carbocycles. The van der Waals surface area contributed by atoms with Gasteiger partial charge in [0.2, 0.25) is 5.91 Å². The van der Waals surface area contributed by atoms with Crippen molar-refractivity contribution in [3.63, 3.8) is 0 Å². The number of para-hydroxylation sites is 1. The second-order valence-corrected chi connectivity index (χ2v) is 13.9. The first-order chi connectivity index (χ1) is 15.1. The summed E-state index contributed by atoms with van der Waals surface area (Å²) in [7, 11) is -6.91. The van der Waals surface area contributed by atoms with Crippen molar-refractivity contribution in [2.45, 2.75) is 75.5 Å². The standard InChI is InChI=1S/C21H36NO6PS3/c23-21(15-7-4-2-1-3-5-10-16-29(24,25)26)22-19-13-8-9-14-20(19)31-17-11-6-12-18-32(27,28)30/h8-9,13-14H,1-7,10-12,15-18H2,(H,22,23)(H2,24,25,26)(H,27,28,30). The zero-order valence-electron chi connectivity index (χ0n) is 18.4. The lowest BCUT2D eigenvalue weighted by atomic mass is 10.1. The van der Waals surface area contributed by atoms with Crippen LogP contribution in [0, 0.1) is 0 Å². The van der Waals surface area contributed by atoms with Crippen LogP contribution in [0.5, 0.6) is 0 Å². The third-order valence-corrected chi connectivity index (χ3v) is 8.18. The predicted octanol–water partition coefficient (Wildman–Crippen LogP) is 5.41. The molecule has 0 saturated carbocycles. The van der Waals surface area contributed by atoms with E-state index in [0.717, 1.165) is 67.7 Å². The summed E-state index contributed by atoms with van der Waals surface area (Å²) in [6.45, 7) is 0. The molecule has 184 valence electrons. The largest absolute Gasteiger partial charge is 0.325 e. The molecule has 0 heterocycles. The molecular weight excluding hydrogens is 489 g/mol. The van der Waals surface area contributed by atoms with Gasteiger partial charge in [0.05, 0.1) is 5.69 Å². The van der Waals surface area contributed by atoms with Crippen molar-refractivity contribution in [2.75, 3.05) is 23.0 Å². The summed E-state index contributed by atoms with van der Waals surface area (Å²) < 4.78 is 31.0. The number of hydrogen-bond acceptors (Lipinski definition) is 5. The molecule has 0 radical (unpaired) electrons. The summed E-state index contributed by atoms with van der Waals surface area (Å²) >= 11 is 6.15. The normalized spacial score (nSPS) is 13.6. The Morgan fingerprint density at radius 2 is 1.56 bits per heavy atom. The van der Waals surface area contributed by atoms with Gasteiger partial charge in [0.1, 0.15) is 8.77 Å². The quantitative estimate of drug-likeness (QED) is 0.114. The van der Waals surface area contributed by atoms with Crippen LogP contribution in [0.1, 0.15) is 70.6 Å². The molecule has 32 heavy (non-hydrogen) atoms. The Morgan fingerprint density at radius 3 is 2.22 bits per heavy atom. The second-order valence-electron chi connectivity index (χ2n) is 7.85. The maximum absolute atomic E-state index is 12.3. The van der Waals surface area contributed by atoms with Crippen LogP contribution >= 0.6 is 19.4 Å². The molecule has 0 fully saturated rings. The number of unbranched alkanes of at least 4 members (excludes halogenated alkanes) is 8. The lowest BCUT2D eigenvalue weighted by Gasteiger charge is -2.11. The molecule has 0 spiro atoms. The number of carbonyl (C=O) groups is 1. The van der Waals surface area contributed by atoms with Gasteiger partial charge in [0.25, 0.3) is 0 Å². The van der Waals surface area contributed by atoms with Gasteiger partial charge in [-0.1, -0.05) is 50.7 Å². The fourth-order valence-corrected chi connectivity index (χ4v) is 5.72. The van der Waals surface area contributed by atoms with Crippen molar-refractivity contribution >= 4 is 50.9 Å². The van der Waals surface area contributed by atoms with Crippen LogP contribution in [0.25, 0.3) is 0 Å². The van der Waals surface area contributed by atoms with Gasteiger partial charge in [0, 0.05) is 34.4 Å². The predicted molar refractivity (Wildman–Crippen MR) is 136 cm³/mol. The molecule has 0 aliphatic rings. The number of thioether (sulfide) groups is 1. The summed E-state index contributed by atoms with van der Waals surface area (Å²) in [5.41, 5.74) is 0.816. The van der Waals surface area contributed by atoms with Crippen molar-refractivity contribution in [3.8, 4) is 0 Å². The highest BCUT2D eigenvalue weighted by atomic mass is 32.8. The van der Waals surface area contributed by atoms with Crippen LogP contribution < -0.4 is 5.32 Å². The summed E-state index contributed by atoms with van der Waals surface area (Å²) in [5, 5.41) is 3.00. The first kappa shape index (κ1) is 29.6. The minimum absolute atomic E-state index is 0.00264. The van der Waals surface area contributed by atoms with Gasteiger partial charge in [-0.05, 0) is 43.6 Å². The van der Waals surface area contributed by atoms with Crippen molar-refractivity contribution in [1.82, 2.24) is 0 Å². The molecule has 0 aliphatic carbocycles. The smallest absolute Gasteiger partial charge is 0.325 e. The highest BCUT2D eigenvalue weighted by Crippen LogP contribution is 2.35. The van der Waals surface area contributed by atoms with Gasteiger partial charge in [-0.25, -0.2) is 4.21 Å². The molecule has 0 aromatic heterocycles. The summed E-state index contributed by atoms with van der Waals surface area (Å²) in [6, 6.07) is 7.72. The van der Waals surface area contributed by atoms with Gasteiger partial charge in [-0.15, -0.1) is 11.8 Å². The minimum atomic E-state index is -3.86. The van der Waals surface area contributed by atoms with Crippen molar-refractivity contribution in [1.29, 1.82) is 0 Å². The average Bonchev–Trinajstić information content (AvgIpc) is 2.69. The fourth-order valence-electron chi connectivity index (χ4n) is 3.14. The first-order valence-electron chi connectivity index (χ1n) is 11.1. The molecular formula is C21H36NO6PS3. The van der Waals surface area contributed by atoms with Gasteiger partial charge in [-0.2, -0.15) is 0 Å². The monoisotopic (exact) mass is 525 g/mol. The number of amides is 1. The molecule has 1 unspecified atom stereocenters. The van der Waals surface area contributed by atoms with E-state index in [1.165, 1.54) is 0 Å². The highest BCUT2D eigenvalue weighted by molar-refractivity contribution is 8.29. The Morgan fingerprint density at radius 1 is 0.969 bits per heavy atom. The van der Waals surface area contributed by atoms with Crippen molar-refractivity contribution in [3.05, 3.63) is 24.3 Å². The van der Waals surface area contributed by atoms with Crippen LogP contribution in [0.4, 0.5) is 5.69 Å². The van der Waals surface area contributed by atoms with Crippen LogP contribution in [0.3, 0.4) is 0 Å². The van der Waals surface area contributed by atoms with E-state index in [0.29, 0.717) is 19.3 Å². The fraction of sp³-hybridized carbons (Fsp3) is 0.667. The van der Waals surface area contributed by atoms with E-state index in [9.17, 15) is 13.6 Å². The van der Waals surface area contributed by atoms with Crippen LogP contribution in [-0.2, 0) is 29.3 Å². The molecule has 7 nitrogen and oxygen atoms in total. The Labute approximate surface area is 201 Å². The Kier molecular flexibility index (Phi) is 15.0. The molecule has 1 aromatic rings. The molecule has 1 atom stereocenters. The summed E-state index contributed by atoms with van der Waals surface area (Å²) in [4.78, 5) is 30.9. The lowest BCUT2D eigenvalue weighted by molar-refractivity contribution is -0.116. The topological polar surface area (TPSA) is 124 Å². The lowest BCUT2D eigenvalue weighted by Crippen LogP contribution is -2.11. The van der Waals surface area contributed by atoms with E-state index in [-0.39, 0.29) is 17.8 Å². The van der Waals surface area contributed by atoms with E-state index in [1.54, 1.807) is 11.8 Å². The van der Waals surface area contributed by atoms with Crippen LogP contribution in [0.2, 0.25) is 0 Å². The molecule has 0 bridgehead atoms. The first-order valence-corrected chi connectivity index (χ1v) is 16.5. The van der Waals surface area contributed by atoms with Crippen LogP contribution in [-0.4, -0.2) is 42.1 Å². The number of carbonyl (C=O) groups excluding carboxylic acids is 1. The number of rotatable bonds is 18. The second kappa shape index (κ2) is 16.2. The van der Waals surface area contributed by atoms with Gasteiger partial charge in [0.15, 0.2) is 0 Å². The Bertz CT molecular complexity index is 829. The van der Waals surface area contributed by atoms with Gasteiger partial charge < -0.3 is 19.7 Å². The number of anilines is 1. The molecule has 4 N–H and O–H groups in total. The SMILES string of the molecule is O=C(CCCCCCCCCP(=O)(O)O)Nc1ccccc1SCCCCCS(=O)(O)=S. The zero-order valence-corrected chi connectivity index (χ0v) is 21.8. The highest BCUT2D eigenvalue weighted by Gasteiger charge is 2.11. The van der Waals surface area contributed by atoms with E-state index in [2.05, 4.69) is 16.5 Å². The zero-order chi connectivity index (χ0) is 23.9. The molecule has 0 saturated heterocycles. The van der Waals surface area contributed by atoms with E-state index < -0.39 is 16.4 Å². The van der Waals surface area contributed by atoms with Gasteiger partial charge >= 0.3 is 7.60 Å². The van der Waals surface area contributed by atoms with Crippen LogP contribution in [0.15, 0.2) is 29.2 Å². The molecule has 1 amide bonds. The molecule has 1 rings (SSSR count). The molecule has 11 heteroatoms. The van der Waals surface area contributed by atoms with E-state index in [1.807, 2.05) is 24.3 Å². The Hall–Kier alpha value is -0.480. The maximum Gasteiger partial charge on any atom is 0.325 e.